The molecule has 2 rings (SSSR count). The maximum atomic E-state index is 13.8. The maximum Gasteiger partial charge on any atom is 0.432 e. The summed E-state index contributed by atoms with van der Waals surface area (Å²) in [5.74, 6) is -9.96. The summed E-state index contributed by atoms with van der Waals surface area (Å²) in [6.07, 6.45) is -4.59. The molecule has 0 aromatic heterocycles. The van der Waals surface area contributed by atoms with Gasteiger partial charge < -0.3 is 4.74 Å². The zero-order valence-corrected chi connectivity index (χ0v) is 11.2. The standard InChI is InChI=1S/C13H5F7OS/c14-7-3-6(22)4-8(15)11(7)13(19,20)21-5-1-9(16)12(18)10(17)2-5/h1-4,22H. The van der Waals surface area contributed by atoms with E-state index in [9.17, 15) is 30.7 Å². The van der Waals surface area contributed by atoms with E-state index in [-0.39, 0.29) is 17.0 Å². The second-order valence-electron chi connectivity index (χ2n) is 4.10. The van der Waals surface area contributed by atoms with Gasteiger partial charge in [-0.05, 0) is 12.1 Å². The van der Waals surface area contributed by atoms with E-state index < -0.39 is 46.5 Å². The maximum absolute atomic E-state index is 13.8. The van der Waals surface area contributed by atoms with Gasteiger partial charge >= 0.3 is 6.11 Å². The molecule has 1 nitrogen and oxygen atoms in total. The second-order valence-corrected chi connectivity index (χ2v) is 4.62. The Hall–Kier alpha value is -1.90. The number of rotatable bonds is 3. The van der Waals surface area contributed by atoms with Gasteiger partial charge in [-0.3, -0.25) is 0 Å². The molecule has 0 bridgehead atoms. The van der Waals surface area contributed by atoms with Crippen LogP contribution in [0.3, 0.4) is 0 Å². The van der Waals surface area contributed by atoms with Crippen LogP contribution in [-0.4, -0.2) is 0 Å². The lowest BCUT2D eigenvalue weighted by Crippen LogP contribution is -2.25. The number of hydrogen-bond acceptors (Lipinski definition) is 2. The van der Waals surface area contributed by atoms with Crippen LogP contribution in [0.1, 0.15) is 5.56 Å². The predicted molar refractivity (Wildman–Crippen MR) is 64.4 cm³/mol. The van der Waals surface area contributed by atoms with Crippen molar-refractivity contribution in [3.63, 3.8) is 0 Å². The summed E-state index contributed by atoms with van der Waals surface area (Å²) in [7, 11) is 0. The van der Waals surface area contributed by atoms with Crippen molar-refractivity contribution >= 4 is 12.6 Å². The third-order valence-electron chi connectivity index (χ3n) is 2.52. The molecule has 0 heterocycles. The third-order valence-corrected chi connectivity index (χ3v) is 2.78. The molecule has 0 aliphatic heterocycles. The van der Waals surface area contributed by atoms with Crippen LogP contribution < -0.4 is 4.74 Å². The van der Waals surface area contributed by atoms with Crippen LogP contribution in [0.25, 0.3) is 0 Å². The smallest absolute Gasteiger partial charge is 0.429 e. The highest BCUT2D eigenvalue weighted by Gasteiger charge is 2.41. The second kappa shape index (κ2) is 5.71. The van der Waals surface area contributed by atoms with Crippen molar-refractivity contribution in [3.8, 4) is 5.75 Å². The highest BCUT2D eigenvalue weighted by atomic mass is 32.1. The Morgan fingerprint density at radius 2 is 1.23 bits per heavy atom. The zero-order valence-electron chi connectivity index (χ0n) is 10.3. The zero-order chi connectivity index (χ0) is 16.7. The lowest BCUT2D eigenvalue weighted by Gasteiger charge is -2.19. The Morgan fingerprint density at radius 1 is 0.773 bits per heavy atom. The molecule has 0 saturated heterocycles. The molecule has 0 N–H and O–H groups in total. The van der Waals surface area contributed by atoms with E-state index in [0.717, 1.165) is 0 Å². The van der Waals surface area contributed by atoms with Gasteiger partial charge in [-0.25, -0.2) is 22.0 Å². The van der Waals surface area contributed by atoms with Gasteiger partial charge in [0.25, 0.3) is 0 Å². The fourth-order valence-electron chi connectivity index (χ4n) is 1.63. The van der Waals surface area contributed by atoms with Crippen molar-refractivity contribution in [3.05, 3.63) is 58.9 Å². The summed E-state index contributed by atoms with van der Waals surface area (Å²) in [5.41, 5.74) is -1.77. The van der Waals surface area contributed by atoms with Crippen LogP contribution in [0.15, 0.2) is 29.2 Å². The van der Waals surface area contributed by atoms with E-state index in [1.165, 1.54) is 0 Å². The first-order valence-corrected chi connectivity index (χ1v) is 5.96. The fraction of sp³-hybridized carbons (Fsp3) is 0.0769. The lowest BCUT2D eigenvalue weighted by molar-refractivity contribution is -0.189. The molecular formula is C13H5F7OS. The number of benzene rings is 2. The molecular weight excluding hydrogens is 337 g/mol. The highest BCUT2D eigenvalue weighted by molar-refractivity contribution is 7.80. The molecule has 0 radical (unpaired) electrons. The summed E-state index contributed by atoms with van der Waals surface area (Å²) in [6.45, 7) is 0. The van der Waals surface area contributed by atoms with E-state index >= 15 is 0 Å². The van der Waals surface area contributed by atoms with Gasteiger partial charge in [0, 0.05) is 17.0 Å². The molecule has 0 unspecified atom stereocenters. The van der Waals surface area contributed by atoms with Crippen molar-refractivity contribution in [1.29, 1.82) is 0 Å². The molecule has 2 aromatic carbocycles. The van der Waals surface area contributed by atoms with Gasteiger partial charge in [0.2, 0.25) is 0 Å². The normalized spacial score (nSPS) is 11.6. The molecule has 0 amide bonds. The minimum absolute atomic E-state index is 0.120. The first kappa shape index (κ1) is 16.5. The molecule has 0 fully saturated rings. The summed E-state index contributed by atoms with van der Waals surface area (Å²) in [4.78, 5) is -0.256. The molecule has 118 valence electrons. The molecule has 9 heteroatoms. The van der Waals surface area contributed by atoms with E-state index in [1.807, 2.05) is 0 Å². The van der Waals surface area contributed by atoms with Gasteiger partial charge in [-0.1, -0.05) is 0 Å². The first-order chi connectivity index (χ1) is 10.1. The number of alkyl halides is 2. The van der Waals surface area contributed by atoms with Gasteiger partial charge in [-0.2, -0.15) is 8.78 Å². The minimum atomic E-state index is -4.59. The van der Waals surface area contributed by atoms with E-state index in [0.29, 0.717) is 12.1 Å². The molecule has 2 aromatic rings. The summed E-state index contributed by atoms with van der Waals surface area (Å²) in [6, 6.07) is 1.25. The molecule has 0 aliphatic rings. The summed E-state index contributed by atoms with van der Waals surface area (Å²) < 4.78 is 97.0. The Labute approximate surface area is 124 Å². The third kappa shape index (κ3) is 3.13. The average Bonchev–Trinajstić information content (AvgIpc) is 2.33. The van der Waals surface area contributed by atoms with Gasteiger partial charge in [-0.15, -0.1) is 12.6 Å². The Kier molecular flexibility index (Phi) is 4.28. The molecule has 0 spiro atoms. The van der Waals surface area contributed by atoms with Crippen LogP contribution in [0, 0.1) is 29.1 Å². The molecule has 22 heavy (non-hydrogen) atoms. The van der Waals surface area contributed by atoms with Crippen LogP contribution in [0.4, 0.5) is 30.7 Å². The largest absolute Gasteiger partial charge is 0.432 e. The molecule has 0 atom stereocenters. The van der Waals surface area contributed by atoms with Crippen molar-refractivity contribution in [2.24, 2.45) is 0 Å². The van der Waals surface area contributed by atoms with E-state index in [2.05, 4.69) is 17.4 Å². The Balaban J connectivity index is 2.44. The number of hydrogen-bond donors (Lipinski definition) is 1. The molecule has 0 aliphatic carbocycles. The first-order valence-electron chi connectivity index (χ1n) is 5.51. The van der Waals surface area contributed by atoms with Crippen LogP contribution in [0.2, 0.25) is 0 Å². The SMILES string of the molecule is Fc1cc(OC(F)(F)c2c(F)cc(S)cc2F)cc(F)c1F. The van der Waals surface area contributed by atoms with Crippen LogP contribution >= 0.6 is 12.6 Å². The minimum Gasteiger partial charge on any atom is -0.429 e. The van der Waals surface area contributed by atoms with Crippen molar-refractivity contribution in [2.75, 3.05) is 0 Å². The van der Waals surface area contributed by atoms with Crippen LogP contribution in [-0.2, 0) is 6.11 Å². The van der Waals surface area contributed by atoms with Gasteiger partial charge in [0.1, 0.15) is 22.9 Å². The van der Waals surface area contributed by atoms with Gasteiger partial charge in [0.15, 0.2) is 17.5 Å². The quantitative estimate of drug-likeness (QED) is 0.479. The van der Waals surface area contributed by atoms with Gasteiger partial charge in [0.05, 0.1) is 0 Å². The predicted octanol–water partition coefficient (Wildman–Crippen LogP) is 4.80. The summed E-state index contributed by atoms with van der Waals surface area (Å²) >= 11 is 3.60. The number of thiol groups is 1. The summed E-state index contributed by atoms with van der Waals surface area (Å²) in [5, 5.41) is 0. The van der Waals surface area contributed by atoms with Crippen LogP contribution in [0.5, 0.6) is 5.75 Å². The topological polar surface area (TPSA) is 9.23 Å². The van der Waals surface area contributed by atoms with E-state index in [1.54, 1.807) is 0 Å². The average molecular weight is 342 g/mol. The Morgan fingerprint density at radius 3 is 1.68 bits per heavy atom. The Bertz CT molecular complexity index is 686. The van der Waals surface area contributed by atoms with Crippen molar-refractivity contribution < 1.29 is 35.5 Å². The van der Waals surface area contributed by atoms with Crippen molar-refractivity contribution in [2.45, 2.75) is 11.0 Å². The highest BCUT2D eigenvalue weighted by Crippen LogP contribution is 2.36. The fourth-order valence-corrected chi connectivity index (χ4v) is 1.85. The molecule has 0 saturated carbocycles. The van der Waals surface area contributed by atoms with E-state index in [4.69, 9.17) is 0 Å². The van der Waals surface area contributed by atoms with Crippen molar-refractivity contribution in [1.82, 2.24) is 0 Å². The monoisotopic (exact) mass is 342 g/mol. The lowest BCUT2D eigenvalue weighted by atomic mass is 10.2. The number of ether oxygens (including phenoxy) is 1. The number of halogens is 7.